The minimum absolute atomic E-state index is 0.0361. The Morgan fingerprint density at radius 3 is 2.38 bits per heavy atom. The third-order valence-electron chi connectivity index (χ3n) is 4.64. The van der Waals surface area contributed by atoms with Crippen LogP contribution in [0.2, 0.25) is 0 Å². The van der Waals surface area contributed by atoms with Gasteiger partial charge in [0.1, 0.15) is 6.04 Å². The monoisotopic (exact) mass is 332 g/mol. The summed E-state index contributed by atoms with van der Waals surface area (Å²) < 4.78 is 11.1. The third-order valence-corrected chi connectivity index (χ3v) is 4.64. The van der Waals surface area contributed by atoms with Crippen molar-refractivity contribution >= 4 is 11.8 Å². The van der Waals surface area contributed by atoms with Gasteiger partial charge >= 0.3 is 0 Å². The number of hydrogen-bond donors (Lipinski definition) is 1. The van der Waals surface area contributed by atoms with Crippen LogP contribution in [0.15, 0.2) is 30.3 Å². The standard InChI is InChI=1S/C18H24N2O4/c1-13(19-16(21)14-5-3-2-4-6-14)17(22)20-9-7-15(8-10-20)18-23-11-12-24-18/h2-6,13,15,18H,7-12H2,1H3,(H,19,21). The fourth-order valence-electron chi connectivity index (χ4n) is 3.25. The van der Waals surface area contributed by atoms with Gasteiger partial charge in [0, 0.05) is 24.6 Å². The number of likely N-dealkylation sites (tertiary alicyclic amines) is 1. The number of nitrogens with one attached hydrogen (secondary N) is 1. The molecule has 1 atom stereocenters. The molecule has 2 amide bonds. The normalized spacial score (nSPS) is 20.8. The number of ether oxygens (including phenoxy) is 2. The molecule has 2 saturated heterocycles. The average molecular weight is 332 g/mol. The topological polar surface area (TPSA) is 67.9 Å². The molecule has 24 heavy (non-hydrogen) atoms. The summed E-state index contributed by atoms with van der Waals surface area (Å²) in [5.41, 5.74) is 0.561. The van der Waals surface area contributed by atoms with Crippen LogP contribution in [-0.2, 0) is 14.3 Å². The average Bonchev–Trinajstić information content (AvgIpc) is 3.16. The number of carbonyl (C=O) groups excluding carboxylic acids is 2. The number of benzene rings is 1. The molecule has 1 aromatic carbocycles. The van der Waals surface area contributed by atoms with Crippen LogP contribution in [0.25, 0.3) is 0 Å². The van der Waals surface area contributed by atoms with Crippen LogP contribution in [0.5, 0.6) is 0 Å². The summed E-state index contributed by atoms with van der Waals surface area (Å²) in [4.78, 5) is 26.5. The Bertz CT molecular complexity index is 564. The van der Waals surface area contributed by atoms with Crippen molar-refractivity contribution < 1.29 is 19.1 Å². The third kappa shape index (κ3) is 3.94. The Hall–Kier alpha value is -1.92. The first kappa shape index (κ1) is 16.9. The van der Waals surface area contributed by atoms with E-state index in [9.17, 15) is 9.59 Å². The molecule has 1 N–H and O–H groups in total. The van der Waals surface area contributed by atoms with E-state index in [0.29, 0.717) is 37.8 Å². The van der Waals surface area contributed by atoms with E-state index in [1.807, 2.05) is 11.0 Å². The van der Waals surface area contributed by atoms with Crippen molar-refractivity contribution in [3.63, 3.8) is 0 Å². The predicted octanol–water partition coefficient (Wildman–Crippen LogP) is 1.42. The number of rotatable bonds is 4. The Kier molecular flexibility index (Phi) is 5.48. The highest BCUT2D eigenvalue weighted by Crippen LogP contribution is 2.26. The second-order valence-electron chi connectivity index (χ2n) is 6.33. The highest BCUT2D eigenvalue weighted by Gasteiger charge is 2.33. The number of amides is 2. The Labute approximate surface area is 142 Å². The summed E-state index contributed by atoms with van der Waals surface area (Å²) in [7, 11) is 0. The van der Waals surface area contributed by atoms with Gasteiger partial charge in [-0.2, -0.15) is 0 Å². The maximum absolute atomic E-state index is 12.5. The Morgan fingerprint density at radius 2 is 1.75 bits per heavy atom. The summed E-state index contributed by atoms with van der Waals surface area (Å²) in [6, 6.07) is 8.40. The molecule has 0 saturated carbocycles. The van der Waals surface area contributed by atoms with Gasteiger partial charge in [0.25, 0.3) is 5.91 Å². The molecule has 6 nitrogen and oxygen atoms in total. The maximum Gasteiger partial charge on any atom is 0.251 e. The van der Waals surface area contributed by atoms with E-state index in [1.165, 1.54) is 0 Å². The van der Waals surface area contributed by atoms with Crippen LogP contribution in [0.4, 0.5) is 0 Å². The summed E-state index contributed by atoms with van der Waals surface area (Å²) >= 11 is 0. The maximum atomic E-state index is 12.5. The molecular weight excluding hydrogens is 308 g/mol. The van der Waals surface area contributed by atoms with E-state index in [4.69, 9.17) is 9.47 Å². The van der Waals surface area contributed by atoms with E-state index < -0.39 is 6.04 Å². The number of nitrogens with zero attached hydrogens (tertiary/aromatic N) is 1. The Balaban J connectivity index is 1.48. The zero-order valence-corrected chi connectivity index (χ0v) is 13.9. The fourth-order valence-corrected chi connectivity index (χ4v) is 3.25. The van der Waals surface area contributed by atoms with Gasteiger partial charge in [0.15, 0.2) is 6.29 Å². The van der Waals surface area contributed by atoms with Crippen molar-refractivity contribution in [3.8, 4) is 0 Å². The predicted molar refractivity (Wildman–Crippen MR) is 88.4 cm³/mol. The minimum Gasteiger partial charge on any atom is -0.350 e. The molecule has 0 radical (unpaired) electrons. The summed E-state index contributed by atoms with van der Waals surface area (Å²) in [5.74, 6) is 0.0934. The molecular formula is C18H24N2O4. The van der Waals surface area contributed by atoms with Gasteiger partial charge in [-0.15, -0.1) is 0 Å². The smallest absolute Gasteiger partial charge is 0.251 e. The molecule has 2 aliphatic heterocycles. The van der Waals surface area contributed by atoms with Crippen LogP contribution < -0.4 is 5.32 Å². The zero-order chi connectivity index (χ0) is 16.9. The SMILES string of the molecule is CC(NC(=O)c1ccccc1)C(=O)N1CCC(C2OCCO2)CC1. The molecule has 1 unspecified atom stereocenters. The van der Waals surface area contributed by atoms with Crippen LogP contribution in [0.3, 0.4) is 0 Å². The first-order valence-corrected chi connectivity index (χ1v) is 8.53. The molecule has 2 heterocycles. The second-order valence-corrected chi connectivity index (χ2v) is 6.33. The van der Waals surface area contributed by atoms with Gasteiger partial charge in [-0.1, -0.05) is 18.2 Å². The van der Waals surface area contributed by atoms with Crippen molar-refractivity contribution in [2.45, 2.75) is 32.1 Å². The number of hydrogen-bond acceptors (Lipinski definition) is 4. The molecule has 0 spiro atoms. The highest BCUT2D eigenvalue weighted by atomic mass is 16.7. The lowest BCUT2D eigenvalue weighted by molar-refractivity contribution is -0.138. The first-order valence-electron chi connectivity index (χ1n) is 8.53. The molecule has 0 bridgehead atoms. The minimum atomic E-state index is -0.534. The highest BCUT2D eigenvalue weighted by molar-refractivity contribution is 5.97. The van der Waals surface area contributed by atoms with Crippen molar-refractivity contribution in [2.24, 2.45) is 5.92 Å². The van der Waals surface area contributed by atoms with Crippen LogP contribution in [0.1, 0.15) is 30.1 Å². The quantitative estimate of drug-likeness (QED) is 0.905. The second kappa shape index (κ2) is 7.77. The van der Waals surface area contributed by atoms with Gasteiger partial charge in [-0.25, -0.2) is 0 Å². The van der Waals surface area contributed by atoms with E-state index in [-0.39, 0.29) is 18.1 Å². The summed E-state index contributed by atoms with van der Waals surface area (Å²) in [6.45, 7) is 4.41. The van der Waals surface area contributed by atoms with Crippen molar-refractivity contribution in [2.75, 3.05) is 26.3 Å². The van der Waals surface area contributed by atoms with Crippen LogP contribution in [0, 0.1) is 5.92 Å². The molecule has 130 valence electrons. The van der Waals surface area contributed by atoms with Crippen molar-refractivity contribution in [1.82, 2.24) is 10.2 Å². The van der Waals surface area contributed by atoms with Crippen LogP contribution >= 0.6 is 0 Å². The van der Waals surface area contributed by atoms with E-state index in [0.717, 1.165) is 12.8 Å². The van der Waals surface area contributed by atoms with E-state index in [1.54, 1.807) is 31.2 Å². The van der Waals surface area contributed by atoms with Gasteiger partial charge in [-0.05, 0) is 31.9 Å². The van der Waals surface area contributed by atoms with Gasteiger partial charge in [0.2, 0.25) is 5.91 Å². The molecule has 2 aliphatic rings. The molecule has 2 fully saturated rings. The number of piperidine rings is 1. The van der Waals surface area contributed by atoms with Gasteiger partial charge < -0.3 is 19.7 Å². The molecule has 0 aliphatic carbocycles. The molecule has 6 heteroatoms. The lowest BCUT2D eigenvalue weighted by Gasteiger charge is -2.35. The molecule has 3 rings (SSSR count). The van der Waals surface area contributed by atoms with Crippen LogP contribution in [-0.4, -0.2) is 55.3 Å². The van der Waals surface area contributed by atoms with Gasteiger partial charge in [-0.3, -0.25) is 9.59 Å². The zero-order valence-electron chi connectivity index (χ0n) is 13.9. The largest absolute Gasteiger partial charge is 0.350 e. The first-order chi connectivity index (χ1) is 11.6. The number of carbonyl (C=O) groups is 2. The lowest BCUT2D eigenvalue weighted by Crippen LogP contribution is -2.50. The lowest BCUT2D eigenvalue weighted by atomic mass is 9.96. The summed E-state index contributed by atoms with van der Waals surface area (Å²) in [6.07, 6.45) is 1.63. The molecule has 0 aromatic heterocycles. The fraction of sp³-hybridized carbons (Fsp3) is 0.556. The van der Waals surface area contributed by atoms with Gasteiger partial charge in [0.05, 0.1) is 13.2 Å². The summed E-state index contributed by atoms with van der Waals surface area (Å²) in [5, 5.41) is 2.78. The Morgan fingerprint density at radius 1 is 1.12 bits per heavy atom. The van der Waals surface area contributed by atoms with Crippen molar-refractivity contribution in [1.29, 1.82) is 0 Å². The van der Waals surface area contributed by atoms with Crippen molar-refractivity contribution in [3.05, 3.63) is 35.9 Å². The van der Waals surface area contributed by atoms with E-state index in [2.05, 4.69) is 5.32 Å². The van der Waals surface area contributed by atoms with E-state index >= 15 is 0 Å². The molecule has 1 aromatic rings.